The number of hydrogen-bond donors (Lipinski definition) is 2. The van der Waals surface area contributed by atoms with E-state index < -0.39 is 11.0 Å². The fraction of sp³-hybridized carbons (Fsp3) is 0.0714. The van der Waals surface area contributed by atoms with E-state index in [1.807, 2.05) is 0 Å². The second-order valence-corrected chi connectivity index (χ2v) is 5.17. The van der Waals surface area contributed by atoms with Gasteiger partial charge in [-0.1, -0.05) is 29.3 Å². The van der Waals surface area contributed by atoms with E-state index in [0.717, 1.165) is 5.56 Å². The number of nitrogens with zero attached hydrogens (tertiary/aromatic N) is 1. The highest BCUT2D eigenvalue weighted by atomic mass is 35.5. The molecule has 114 valence electrons. The van der Waals surface area contributed by atoms with Crippen molar-refractivity contribution in [2.45, 2.75) is 6.54 Å². The molecule has 0 aliphatic carbocycles. The van der Waals surface area contributed by atoms with Crippen molar-refractivity contribution in [3.63, 3.8) is 0 Å². The van der Waals surface area contributed by atoms with Crippen molar-refractivity contribution in [1.29, 1.82) is 0 Å². The average Bonchev–Trinajstić information content (AvgIpc) is 2.49. The van der Waals surface area contributed by atoms with Gasteiger partial charge in [0, 0.05) is 24.4 Å². The summed E-state index contributed by atoms with van der Waals surface area (Å²) < 4.78 is 0. The lowest BCUT2D eigenvalue weighted by atomic mass is 10.2. The lowest BCUT2D eigenvalue weighted by Gasteiger charge is -2.08. The summed E-state index contributed by atoms with van der Waals surface area (Å²) in [5, 5.41) is 16.6. The van der Waals surface area contributed by atoms with Crippen LogP contribution in [0.2, 0.25) is 10.0 Å². The van der Waals surface area contributed by atoms with Crippen LogP contribution >= 0.6 is 23.2 Å². The molecular weight excluding hydrogens is 329 g/mol. The number of anilines is 1. The molecule has 0 bridgehead atoms. The number of carbonyl (C=O) groups excluding carboxylic acids is 1. The summed E-state index contributed by atoms with van der Waals surface area (Å²) >= 11 is 11.7. The van der Waals surface area contributed by atoms with Crippen LogP contribution in [0.15, 0.2) is 42.5 Å². The Labute approximate surface area is 136 Å². The summed E-state index contributed by atoms with van der Waals surface area (Å²) in [5.74, 6) is 0. The number of nitro benzene ring substituents is 1. The van der Waals surface area contributed by atoms with E-state index >= 15 is 0 Å². The van der Waals surface area contributed by atoms with Crippen molar-refractivity contribution < 1.29 is 9.72 Å². The number of nitrogens with one attached hydrogen (secondary N) is 2. The normalized spacial score (nSPS) is 10.1. The highest BCUT2D eigenvalue weighted by Gasteiger charge is 2.06. The molecular formula is C14H11Cl2N3O3. The Morgan fingerprint density at radius 1 is 1.09 bits per heavy atom. The number of urea groups is 1. The molecule has 0 fully saturated rings. The molecule has 22 heavy (non-hydrogen) atoms. The number of benzene rings is 2. The third-order valence-corrected chi connectivity index (χ3v) is 3.51. The third-order valence-electron chi connectivity index (χ3n) is 2.77. The lowest BCUT2D eigenvalue weighted by Crippen LogP contribution is -2.28. The van der Waals surface area contributed by atoms with Crippen LogP contribution in [-0.4, -0.2) is 11.0 Å². The second kappa shape index (κ2) is 7.11. The summed E-state index contributed by atoms with van der Waals surface area (Å²) in [7, 11) is 0. The number of amides is 2. The van der Waals surface area contributed by atoms with E-state index in [2.05, 4.69) is 10.6 Å². The highest BCUT2D eigenvalue weighted by molar-refractivity contribution is 6.42. The van der Waals surface area contributed by atoms with Crippen molar-refractivity contribution in [2.75, 3.05) is 5.32 Å². The summed E-state index contributed by atoms with van der Waals surface area (Å²) in [5.41, 5.74) is 1.22. The van der Waals surface area contributed by atoms with Crippen LogP contribution in [0, 0.1) is 10.1 Å². The molecule has 0 radical (unpaired) electrons. The maximum atomic E-state index is 11.7. The van der Waals surface area contributed by atoms with Gasteiger partial charge in [0.1, 0.15) is 0 Å². The van der Waals surface area contributed by atoms with Gasteiger partial charge in [-0.05, 0) is 29.8 Å². The van der Waals surface area contributed by atoms with Gasteiger partial charge in [-0.3, -0.25) is 10.1 Å². The SMILES string of the molecule is O=C(NCc1ccc(Cl)c(Cl)c1)Nc1ccc([N+](=O)[O-])cc1. The third kappa shape index (κ3) is 4.34. The molecule has 0 aliphatic rings. The molecule has 0 aromatic heterocycles. The molecule has 0 saturated carbocycles. The number of nitro groups is 1. The van der Waals surface area contributed by atoms with E-state index in [1.165, 1.54) is 24.3 Å². The highest BCUT2D eigenvalue weighted by Crippen LogP contribution is 2.22. The number of rotatable bonds is 4. The first-order valence-corrected chi connectivity index (χ1v) is 6.94. The molecule has 2 aromatic carbocycles. The van der Waals surface area contributed by atoms with Crippen LogP contribution in [-0.2, 0) is 6.54 Å². The molecule has 0 heterocycles. The molecule has 0 spiro atoms. The maximum absolute atomic E-state index is 11.7. The van der Waals surface area contributed by atoms with Crippen LogP contribution in [0.4, 0.5) is 16.2 Å². The predicted octanol–water partition coefficient (Wildman–Crippen LogP) is 4.22. The van der Waals surface area contributed by atoms with E-state index in [0.29, 0.717) is 15.7 Å². The van der Waals surface area contributed by atoms with Crippen LogP contribution in [0.5, 0.6) is 0 Å². The van der Waals surface area contributed by atoms with Gasteiger partial charge in [-0.2, -0.15) is 0 Å². The predicted molar refractivity (Wildman–Crippen MR) is 85.4 cm³/mol. The van der Waals surface area contributed by atoms with Gasteiger partial charge in [-0.15, -0.1) is 0 Å². The first-order chi connectivity index (χ1) is 10.5. The van der Waals surface area contributed by atoms with Crippen LogP contribution in [0.3, 0.4) is 0 Å². The Hall–Kier alpha value is -2.31. The molecule has 0 aliphatic heterocycles. The van der Waals surface area contributed by atoms with Crippen molar-refractivity contribution in [1.82, 2.24) is 5.32 Å². The fourth-order valence-corrected chi connectivity index (χ4v) is 1.99. The van der Waals surface area contributed by atoms with Crippen LogP contribution in [0.25, 0.3) is 0 Å². The minimum absolute atomic E-state index is 0.0400. The molecule has 8 heteroatoms. The van der Waals surface area contributed by atoms with E-state index in [-0.39, 0.29) is 12.2 Å². The van der Waals surface area contributed by atoms with E-state index in [9.17, 15) is 14.9 Å². The standard InChI is InChI=1S/C14H11Cl2N3O3/c15-12-6-1-9(7-13(12)16)8-17-14(20)18-10-2-4-11(5-3-10)19(21)22/h1-7H,8H2,(H2,17,18,20). The zero-order valence-electron chi connectivity index (χ0n) is 11.2. The monoisotopic (exact) mass is 339 g/mol. The Bertz CT molecular complexity index is 705. The van der Waals surface area contributed by atoms with Gasteiger partial charge in [0.2, 0.25) is 0 Å². The van der Waals surface area contributed by atoms with Crippen molar-refractivity contribution in [3.05, 3.63) is 68.2 Å². The minimum Gasteiger partial charge on any atom is -0.334 e. The molecule has 0 unspecified atom stereocenters. The number of non-ortho nitro benzene ring substituents is 1. The smallest absolute Gasteiger partial charge is 0.319 e. The van der Waals surface area contributed by atoms with Gasteiger partial charge < -0.3 is 10.6 Å². The lowest BCUT2D eigenvalue weighted by molar-refractivity contribution is -0.384. The summed E-state index contributed by atoms with van der Waals surface area (Å²) in [6.45, 7) is 0.274. The molecule has 0 saturated heterocycles. The van der Waals surface area contributed by atoms with Crippen LogP contribution in [0.1, 0.15) is 5.56 Å². The van der Waals surface area contributed by atoms with Gasteiger partial charge in [0.05, 0.1) is 15.0 Å². The topological polar surface area (TPSA) is 84.3 Å². The molecule has 6 nitrogen and oxygen atoms in total. The van der Waals surface area contributed by atoms with Crippen molar-refractivity contribution >= 4 is 40.6 Å². The Morgan fingerprint density at radius 2 is 1.77 bits per heavy atom. The molecule has 2 N–H and O–H groups in total. The zero-order chi connectivity index (χ0) is 16.1. The van der Waals surface area contributed by atoms with Gasteiger partial charge in [-0.25, -0.2) is 4.79 Å². The fourth-order valence-electron chi connectivity index (χ4n) is 1.67. The first kappa shape index (κ1) is 16.1. The van der Waals surface area contributed by atoms with Gasteiger partial charge >= 0.3 is 6.03 Å². The number of hydrogen-bond acceptors (Lipinski definition) is 3. The van der Waals surface area contributed by atoms with Crippen LogP contribution < -0.4 is 10.6 Å². The average molecular weight is 340 g/mol. The zero-order valence-corrected chi connectivity index (χ0v) is 12.7. The minimum atomic E-state index is -0.506. The van der Waals surface area contributed by atoms with Gasteiger partial charge in [0.25, 0.3) is 5.69 Å². The molecule has 2 amide bonds. The summed E-state index contributed by atoms with van der Waals surface area (Å²) in [6, 6.07) is 10.2. The Morgan fingerprint density at radius 3 is 2.36 bits per heavy atom. The molecule has 0 atom stereocenters. The largest absolute Gasteiger partial charge is 0.334 e. The molecule has 2 rings (SSSR count). The van der Waals surface area contributed by atoms with E-state index in [4.69, 9.17) is 23.2 Å². The van der Waals surface area contributed by atoms with Crippen molar-refractivity contribution in [2.24, 2.45) is 0 Å². The maximum Gasteiger partial charge on any atom is 0.319 e. The van der Waals surface area contributed by atoms with Gasteiger partial charge in [0.15, 0.2) is 0 Å². The Kier molecular flexibility index (Phi) is 5.19. The summed E-state index contributed by atoms with van der Waals surface area (Å²) in [6.07, 6.45) is 0. The van der Waals surface area contributed by atoms with E-state index in [1.54, 1.807) is 18.2 Å². The van der Waals surface area contributed by atoms with Crippen molar-refractivity contribution in [3.8, 4) is 0 Å². The second-order valence-electron chi connectivity index (χ2n) is 4.36. The summed E-state index contributed by atoms with van der Waals surface area (Å²) in [4.78, 5) is 21.8. The first-order valence-electron chi connectivity index (χ1n) is 6.19. The number of carbonyl (C=O) groups is 1. The number of halogens is 2. The molecule has 2 aromatic rings. The quantitative estimate of drug-likeness (QED) is 0.645. The Balaban J connectivity index is 1.89.